The van der Waals surface area contributed by atoms with Crippen molar-refractivity contribution in [2.75, 3.05) is 26.2 Å². The van der Waals surface area contributed by atoms with E-state index >= 15 is 0 Å². The summed E-state index contributed by atoms with van der Waals surface area (Å²) in [5, 5.41) is 16.1. The highest BCUT2D eigenvalue weighted by atomic mass is 32.2. The SMILES string of the molecule is CC1(C)CC(c2cnc3[nH]c(C(=O)O)cc3c2)CCO1.CO/N=C(\NC=O)C1CC1C.CSC. The van der Waals surface area contributed by atoms with E-state index < -0.39 is 5.97 Å². The highest BCUT2D eigenvalue weighted by Gasteiger charge is 2.37. The lowest BCUT2D eigenvalue weighted by molar-refractivity contribution is -0.108. The molecule has 1 saturated carbocycles. The molecule has 0 radical (unpaired) electrons. The molecule has 188 valence electrons. The Morgan fingerprint density at radius 3 is 2.62 bits per heavy atom. The van der Waals surface area contributed by atoms with Crippen LogP contribution < -0.4 is 5.32 Å². The van der Waals surface area contributed by atoms with Crippen molar-refractivity contribution >= 4 is 41.0 Å². The number of carboxylic acid groups (broad SMARTS) is 1. The molecule has 4 rings (SSSR count). The second kappa shape index (κ2) is 12.8. The van der Waals surface area contributed by atoms with Gasteiger partial charge < -0.3 is 25.0 Å². The van der Waals surface area contributed by atoms with E-state index in [1.165, 1.54) is 7.11 Å². The lowest BCUT2D eigenvalue weighted by Crippen LogP contribution is -2.33. The molecule has 2 fully saturated rings. The number of aromatic carboxylic acids is 1. The molecule has 1 saturated heterocycles. The van der Waals surface area contributed by atoms with Crippen LogP contribution in [0.4, 0.5) is 0 Å². The number of hydrogen-bond acceptors (Lipinski definition) is 7. The zero-order valence-electron chi connectivity index (χ0n) is 20.8. The number of aromatic amines is 1. The van der Waals surface area contributed by atoms with Gasteiger partial charge in [0, 0.05) is 24.1 Å². The van der Waals surface area contributed by atoms with Gasteiger partial charge in [-0.05, 0) is 75.2 Å². The quantitative estimate of drug-likeness (QED) is 0.246. The molecule has 1 aliphatic carbocycles. The fourth-order valence-corrected chi connectivity index (χ4v) is 3.95. The third-order valence-electron chi connectivity index (χ3n) is 5.75. The Bertz CT molecular complexity index is 991. The molecule has 2 aromatic heterocycles. The largest absolute Gasteiger partial charge is 0.477 e. The minimum atomic E-state index is -0.961. The van der Waals surface area contributed by atoms with Crippen molar-refractivity contribution in [1.29, 1.82) is 0 Å². The number of carbonyl (C=O) groups is 2. The maximum absolute atomic E-state index is 11.0. The first-order chi connectivity index (χ1) is 16.1. The maximum Gasteiger partial charge on any atom is 0.352 e. The van der Waals surface area contributed by atoms with Crippen LogP contribution in [0, 0.1) is 11.8 Å². The molecule has 3 unspecified atom stereocenters. The number of amides is 1. The summed E-state index contributed by atoms with van der Waals surface area (Å²) in [7, 11) is 1.47. The van der Waals surface area contributed by atoms with Crippen LogP contribution >= 0.6 is 11.8 Å². The molecule has 3 heterocycles. The maximum atomic E-state index is 11.0. The fourth-order valence-electron chi connectivity index (χ4n) is 3.95. The van der Waals surface area contributed by atoms with Crippen molar-refractivity contribution < 1.29 is 24.3 Å². The smallest absolute Gasteiger partial charge is 0.352 e. The van der Waals surface area contributed by atoms with Gasteiger partial charge in [-0.1, -0.05) is 12.1 Å². The first-order valence-electron chi connectivity index (χ1n) is 11.2. The molecule has 0 spiro atoms. The van der Waals surface area contributed by atoms with E-state index in [1.54, 1.807) is 17.8 Å². The van der Waals surface area contributed by atoms with E-state index in [0.717, 1.165) is 36.8 Å². The number of amidine groups is 1. The highest BCUT2D eigenvalue weighted by Crippen LogP contribution is 2.38. The van der Waals surface area contributed by atoms with Crippen LogP contribution in [0.1, 0.15) is 62.0 Å². The van der Waals surface area contributed by atoms with Gasteiger partial charge in [0.25, 0.3) is 0 Å². The first kappa shape index (κ1) is 27.7. The Morgan fingerprint density at radius 1 is 1.41 bits per heavy atom. The molecule has 2 aliphatic rings. The van der Waals surface area contributed by atoms with Crippen LogP contribution in [-0.4, -0.2) is 65.1 Å². The summed E-state index contributed by atoms with van der Waals surface area (Å²) in [6, 6.07) is 3.68. The van der Waals surface area contributed by atoms with Gasteiger partial charge in [-0.15, -0.1) is 0 Å². The van der Waals surface area contributed by atoms with Crippen molar-refractivity contribution in [3.63, 3.8) is 0 Å². The summed E-state index contributed by atoms with van der Waals surface area (Å²) in [5.74, 6) is 1.11. The number of aromatic nitrogens is 2. The van der Waals surface area contributed by atoms with Crippen molar-refractivity contribution in [1.82, 2.24) is 15.3 Å². The molecule has 0 bridgehead atoms. The minimum absolute atomic E-state index is 0.109. The topological polar surface area (TPSA) is 126 Å². The summed E-state index contributed by atoms with van der Waals surface area (Å²) in [4.78, 5) is 32.8. The molecule has 1 amide bonds. The van der Waals surface area contributed by atoms with E-state index in [9.17, 15) is 9.59 Å². The first-order valence-corrected chi connectivity index (χ1v) is 12.9. The van der Waals surface area contributed by atoms with E-state index in [0.29, 0.717) is 35.6 Å². The number of carboxylic acids is 1. The number of fused-ring (bicyclic) bond motifs is 1. The van der Waals surface area contributed by atoms with Crippen molar-refractivity contribution in [2.45, 2.75) is 51.6 Å². The Morgan fingerprint density at radius 2 is 2.09 bits per heavy atom. The molecular weight excluding hydrogens is 456 g/mol. The molecule has 3 atom stereocenters. The van der Waals surface area contributed by atoms with Gasteiger partial charge in [0.15, 0.2) is 5.84 Å². The third kappa shape index (κ3) is 8.02. The predicted molar refractivity (Wildman–Crippen MR) is 135 cm³/mol. The molecule has 10 heteroatoms. The van der Waals surface area contributed by atoms with Crippen molar-refractivity contribution in [3.05, 3.63) is 29.6 Å². The van der Waals surface area contributed by atoms with Gasteiger partial charge >= 0.3 is 5.97 Å². The lowest BCUT2D eigenvalue weighted by Gasteiger charge is -2.35. The number of oxime groups is 1. The van der Waals surface area contributed by atoms with Crippen molar-refractivity contribution in [3.8, 4) is 0 Å². The van der Waals surface area contributed by atoms with Crippen LogP contribution in [-0.2, 0) is 14.4 Å². The van der Waals surface area contributed by atoms with Crippen LogP contribution in [0.3, 0.4) is 0 Å². The third-order valence-corrected chi connectivity index (χ3v) is 5.75. The molecule has 0 aromatic carbocycles. The highest BCUT2D eigenvalue weighted by molar-refractivity contribution is 7.97. The monoisotopic (exact) mass is 492 g/mol. The summed E-state index contributed by atoms with van der Waals surface area (Å²) in [6.45, 7) is 7.07. The Balaban J connectivity index is 0.000000247. The van der Waals surface area contributed by atoms with Crippen molar-refractivity contribution in [2.24, 2.45) is 17.0 Å². The second-order valence-electron chi connectivity index (χ2n) is 9.14. The second-order valence-corrected chi connectivity index (χ2v) is 9.96. The lowest BCUT2D eigenvalue weighted by atomic mass is 9.84. The predicted octanol–water partition coefficient (Wildman–Crippen LogP) is 4.26. The summed E-state index contributed by atoms with van der Waals surface area (Å²) in [5.41, 5.74) is 1.85. The van der Waals surface area contributed by atoms with Gasteiger partial charge in [0.2, 0.25) is 6.41 Å². The molecule has 3 N–H and O–H groups in total. The van der Waals surface area contributed by atoms with Crippen LogP contribution in [0.25, 0.3) is 11.0 Å². The number of hydrogen-bond donors (Lipinski definition) is 3. The van der Waals surface area contributed by atoms with E-state index in [4.69, 9.17) is 9.84 Å². The summed E-state index contributed by atoms with van der Waals surface area (Å²) >= 11 is 1.75. The summed E-state index contributed by atoms with van der Waals surface area (Å²) < 4.78 is 5.74. The number of nitrogens with one attached hydrogen (secondary N) is 2. The minimum Gasteiger partial charge on any atom is -0.477 e. The number of nitrogens with zero attached hydrogens (tertiary/aromatic N) is 2. The van der Waals surface area contributed by atoms with Gasteiger partial charge in [0.1, 0.15) is 18.5 Å². The van der Waals surface area contributed by atoms with Crippen LogP contribution in [0.5, 0.6) is 0 Å². The van der Waals surface area contributed by atoms with Crippen LogP contribution in [0.2, 0.25) is 0 Å². The molecule has 1 aliphatic heterocycles. The number of ether oxygens (including phenoxy) is 1. The van der Waals surface area contributed by atoms with E-state index in [1.807, 2.05) is 24.8 Å². The Labute approximate surface area is 205 Å². The van der Waals surface area contributed by atoms with Gasteiger partial charge in [-0.2, -0.15) is 11.8 Å². The van der Waals surface area contributed by atoms with E-state index in [-0.39, 0.29) is 11.3 Å². The number of rotatable bonds is 5. The molecule has 2 aromatic rings. The molecule has 9 nitrogen and oxygen atoms in total. The van der Waals surface area contributed by atoms with Gasteiger partial charge in [0.05, 0.1) is 5.60 Å². The number of pyridine rings is 1. The molecule has 34 heavy (non-hydrogen) atoms. The standard InChI is InChI=1S/C15H18N2O3.C7H12N2O2.C2H6S/c1-15(2)7-9(3-4-20-15)11-5-10-6-12(14(18)19)17-13(10)16-8-11;1-5-3-6(5)7(8-4-10)9-11-2;1-3-2/h5-6,8-9H,3-4,7H2,1-2H3,(H,16,17)(H,18,19);4-6H,3H2,1-2H3,(H,8,9,10);1-2H3. The number of H-pyrrole nitrogens is 1. The Hall–Kier alpha value is -2.59. The fraction of sp³-hybridized carbons (Fsp3) is 0.583. The van der Waals surface area contributed by atoms with Gasteiger partial charge in [-0.25, -0.2) is 9.78 Å². The normalized spacial score (nSPS) is 23.0. The van der Waals surface area contributed by atoms with E-state index in [2.05, 4.69) is 46.0 Å². The zero-order chi connectivity index (χ0) is 25.3. The molecular formula is C24H36N4O5S. The zero-order valence-corrected chi connectivity index (χ0v) is 21.6. The van der Waals surface area contributed by atoms with Crippen LogP contribution in [0.15, 0.2) is 23.5 Å². The number of carbonyl (C=O) groups excluding carboxylic acids is 1. The Kier molecular flexibility index (Phi) is 10.4. The number of thioether (sulfide) groups is 1. The summed E-state index contributed by atoms with van der Waals surface area (Å²) in [6.07, 6.45) is 9.58. The average Bonchev–Trinajstić information content (AvgIpc) is 3.34. The van der Waals surface area contributed by atoms with Gasteiger partial charge in [-0.3, -0.25) is 4.79 Å². The average molecular weight is 493 g/mol.